The van der Waals surface area contributed by atoms with Gasteiger partial charge in [-0.1, -0.05) is 42.5 Å². The van der Waals surface area contributed by atoms with Gasteiger partial charge in [-0.2, -0.15) is 5.26 Å². The zero-order chi connectivity index (χ0) is 20.3. The average Bonchev–Trinajstić information content (AvgIpc) is 2.88. The molecule has 0 aliphatic carbocycles. The van der Waals surface area contributed by atoms with E-state index >= 15 is 0 Å². The quantitative estimate of drug-likeness (QED) is 0.812. The van der Waals surface area contributed by atoms with Crippen molar-refractivity contribution in [3.63, 3.8) is 0 Å². The van der Waals surface area contributed by atoms with E-state index in [9.17, 15) is 13.2 Å². The first-order chi connectivity index (χ1) is 13.4. The van der Waals surface area contributed by atoms with Crippen LogP contribution in [0.15, 0.2) is 60.3 Å². The Labute approximate surface area is 165 Å². The van der Waals surface area contributed by atoms with Crippen LogP contribution in [0.25, 0.3) is 4.91 Å². The van der Waals surface area contributed by atoms with Crippen molar-refractivity contribution in [3.05, 3.63) is 77.0 Å². The van der Waals surface area contributed by atoms with Crippen molar-refractivity contribution in [2.45, 2.75) is 26.3 Å². The zero-order valence-corrected chi connectivity index (χ0v) is 16.5. The Balaban J connectivity index is 1.90. The third kappa shape index (κ3) is 3.64. The molecular weight excluding hydrogens is 374 g/mol. The summed E-state index contributed by atoms with van der Waals surface area (Å²) in [4.78, 5) is 12.9. The van der Waals surface area contributed by atoms with Crippen molar-refractivity contribution in [1.82, 2.24) is 9.62 Å². The standard InChI is InChI=1S/C21H21N3O3S/c1-15(2)24-21(25)19(20(28(24,26)27)18-6-4-3-5-7-18)23-13-12-16-8-10-17(14-22)11-9-16/h3-11,15,23H,12-13H2,1-2H3. The molecule has 0 spiro atoms. The Morgan fingerprint density at radius 3 is 2.29 bits per heavy atom. The summed E-state index contributed by atoms with van der Waals surface area (Å²) in [6.45, 7) is 3.75. The highest BCUT2D eigenvalue weighted by atomic mass is 32.2. The molecule has 7 heteroatoms. The summed E-state index contributed by atoms with van der Waals surface area (Å²) in [6, 6.07) is 17.4. The summed E-state index contributed by atoms with van der Waals surface area (Å²) < 4.78 is 27.0. The minimum Gasteiger partial charge on any atom is -0.379 e. The Kier molecular flexibility index (Phi) is 5.52. The molecule has 0 radical (unpaired) electrons. The molecule has 1 aliphatic heterocycles. The summed E-state index contributed by atoms with van der Waals surface area (Å²) in [5.41, 5.74) is 2.16. The molecule has 28 heavy (non-hydrogen) atoms. The molecule has 0 saturated heterocycles. The number of benzene rings is 2. The molecule has 0 fully saturated rings. The molecule has 1 N–H and O–H groups in total. The Bertz CT molecular complexity index is 1050. The van der Waals surface area contributed by atoms with E-state index in [-0.39, 0.29) is 10.6 Å². The number of carbonyl (C=O) groups excluding carboxylic acids is 1. The summed E-state index contributed by atoms with van der Waals surface area (Å²) in [7, 11) is -3.92. The predicted molar refractivity (Wildman–Crippen MR) is 107 cm³/mol. The smallest absolute Gasteiger partial charge is 0.285 e. The monoisotopic (exact) mass is 395 g/mol. The van der Waals surface area contributed by atoms with Gasteiger partial charge in [-0.05, 0) is 43.5 Å². The molecule has 0 bridgehead atoms. The van der Waals surface area contributed by atoms with Crippen LogP contribution in [0.2, 0.25) is 0 Å². The molecule has 2 aromatic carbocycles. The van der Waals surface area contributed by atoms with Gasteiger partial charge in [-0.3, -0.25) is 4.79 Å². The molecule has 1 amide bonds. The van der Waals surface area contributed by atoms with E-state index in [1.165, 1.54) is 0 Å². The van der Waals surface area contributed by atoms with Crippen LogP contribution in [0, 0.1) is 11.3 Å². The third-order valence-corrected chi connectivity index (χ3v) is 6.52. The molecule has 3 rings (SSSR count). The van der Waals surface area contributed by atoms with Crippen LogP contribution in [0.3, 0.4) is 0 Å². The van der Waals surface area contributed by atoms with Crippen LogP contribution < -0.4 is 5.32 Å². The Morgan fingerprint density at radius 2 is 1.71 bits per heavy atom. The second kappa shape index (κ2) is 7.87. The lowest BCUT2D eigenvalue weighted by atomic mass is 10.1. The normalized spacial score (nSPS) is 15.8. The second-order valence-electron chi connectivity index (χ2n) is 6.76. The van der Waals surface area contributed by atoms with Gasteiger partial charge in [-0.15, -0.1) is 0 Å². The van der Waals surface area contributed by atoms with Gasteiger partial charge in [0.05, 0.1) is 11.6 Å². The van der Waals surface area contributed by atoms with Gasteiger partial charge in [0.25, 0.3) is 15.9 Å². The SMILES string of the molecule is CC(C)N1C(=O)C(NCCc2ccc(C#N)cc2)=C(c2ccccc2)S1(=O)=O. The fraction of sp³-hybridized carbons (Fsp3) is 0.238. The van der Waals surface area contributed by atoms with Crippen molar-refractivity contribution in [2.24, 2.45) is 0 Å². The first-order valence-corrected chi connectivity index (χ1v) is 10.4. The number of carbonyl (C=O) groups is 1. The van der Waals surface area contributed by atoms with E-state index in [0.717, 1.165) is 9.87 Å². The Morgan fingerprint density at radius 1 is 1.07 bits per heavy atom. The zero-order valence-electron chi connectivity index (χ0n) is 15.7. The molecule has 1 heterocycles. The lowest BCUT2D eigenvalue weighted by molar-refractivity contribution is -0.123. The van der Waals surface area contributed by atoms with Gasteiger partial charge in [0.2, 0.25) is 0 Å². The van der Waals surface area contributed by atoms with E-state index < -0.39 is 22.0 Å². The second-order valence-corrected chi connectivity index (χ2v) is 8.51. The van der Waals surface area contributed by atoms with E-state index in [4.69, 9.17) is 5.26 Å². The van der Waals surface area contributed by atoms with Gasteiger partial charge < -0.3 is 5.32 Å². The molecular formula is C21H21N3O3S. The molecule has 2 aromatic rings. The number of nitriles is 1. The number of rotatable bonds is 6. The summed E-state index contributed by atoms with van der Waals surface area (Å²) in [6.07, 6.45) is 0.590. The van der Waals surface area contributed by atoms with Crippen LogP contribution in [-0.2, 0) is 21.2 Å². The topological polar surface area (TPSA) is 90.3 Å². The van der Waals surface area contributed by atoms with Crippen molar-refractivity contribution >= 4 is 20.8 Å². The summed E-state index contributed by atoms with van der Waals surface area (Å²) >= 11 is 0. The largest absolute Gasteiger partial charge is 0.379 e. The molecule has 1 aliphatic rings. The van der Waals surface area contributed by atoms with Gasteiger partial charge in [0.15, 0.2) is 0 Å². The van der Waals surface area contributed by atoms with Crippen LogP contribution >= 0.6 is 0 Å². The van der Waals surface area contributed by atoms with Crippen molar-refractivity contribution in [3.8, 4) is 6.07 Å². The number of sulfonamides is 1. The number of amides is 1. The molecule has 0 saturated carbocycles. The minimum absolute atomic E-state index is 0.0200. The van der Waals surface area contributed by atoms with Crippen molar-refractivity contribution < 1.29 is 13.2 Å². The molecule has 144 valence electrons. The third-order valence-electron chi connectivity index (χ3n) is 4.46. The Hall–Kier alpha value is -3.11. The van der Waals surface area contributed by atoms with E-state index in [1.807, 2.05) is 12.1 Å². The van der Waals surface area contributed by atoms with Crippen LogP contribution in [-0.4, -0.2) is 31.2 Å². The highest BCUT2D eigenvalue weighted by molar-refractivity contribution is 7.99. The summed E-state index contributed by atoms with van der Waals surface area (Å²) in [5.74, 6) is -0.534. The molecule has 6 nitrogen and oxygen atoms in total. The highest BCUT2D eigenvalue weighted by Gasteiger charge is 2.45. The maximum atomic E-state index is 13.0. The maximum absolute atomic E-state index is 13.0. The average molecular weight is 395 g/mol. The fourth-order valence-electron chi connectivity index (χ4n) is 3.17. The van der Waals surface area contributed by atoms with Gasteiger partial charge in [-0.25, -0.2) is 12.7 Å². The predicted octanol–water partition coefficient (Wildman–Crippen LogP) is 2.64. The fourth-order valence-corrected chi connectivity index (χ4v) is 5.09. The number of hydrogen-bond donors (Lipinski definition) is 1. The van der Waals surface area contributed by atoms with E-state index in [1.54, 1.807) is 56.3 Å². The molecule has 0 aromatic heterocycles. The maximum Gasteiger partial charge on any atom is 0.285 e. The lowest BCUT2D eigenvalue weighted by Crippen LogP contribution is -2.39. The molecule has 0 unspecified atom stereocenters. The first-order valence-electron chi connectivity index (χ1n) is 8.97. The lowest BCUT2D eigenvalue weighted by Gasteiger charge is -2.20. The number of hydrogen-bond acceptors (Lipinski definition) is 5. The minimum atomic E-state index is -3.92. The van der Waals surface area contributed by atoms with Crippen LogP contribution in [0.4, 0.5) is 0 Å². The summed E-state index contributed by atoms with van der Waals surface area (Å²) in [5, 5.41) is 11.9. The van der Waals surface area contributed by atoms with Crippen LogP contribution in [0.5, 0.6) is 0 Å². The van der Waals surface area contributed by atoms with Crippen molar-refractivity contribution in [1.29, 1.82) is 5.26 Å². The highest BCUT2D eigenvalue weighted by Crippen LogP contribution is 2.35. The van der Waals surface area contributed by atoms with Gasteiger partial charge >= 0.3 is 0 Å². The van der Waals surface area contributed by atoms with E-state index in [2.05, 4.69) is 11.4 Å². The van der Waals surface area contributed by atoms with Crippen molar-refractivity contribution in [2.75, 3.05) is 6.54 Å². The van der Waals surface area contributed by atoms with Gasteiger partial charge in [0.1, 0.15) is 10.6 Å². The number of nitrogens with zero attached hydrogens (tertiary/aromatic N) is 2. The van der Waals surface area contributed by atoms with Gasteiger partial charge in [0, 0.05) is 12.6 Å². The van der Waals surface area contributed by atoms with E-state index in [0.29, 0.717) is 24.1 Å². The van der Waals surface area contributed by atoms with Crippen LogP contribution in [0.1, 0.15) is 30.5 Å². The first kappa shape index (κ1) is 19.6. The molecule has 0 atom stereocenters. The number of nitrogens with one attached hydrogen (secondary N) is 1.